The van der Waals surface area contributed by atoms with Crippen LogP contribution in [0.2, 0.25) is 0 Å². The molecule has 30 heavy (non-hydrogen) atoms. The number of amides is 1. The van der Waals surface area contributed by atoms with Crippen molar-refractivity contribution in [2.75, 3.05) is 18.1 Å². The van der Waals surface area contributed by atoms with Crippen LogP contribution < -0.4 is 4.74 Å². The lowest BCUT2D eigenvalue weighted by atomic mass is 10.1. The largest absolute Gasteiger partial charge is 0.493 e. The zero-order chi connectivity index (χ0) is 21.3. The van der Waals surface area contributed by atoms with Gasteiger partial charge in [0.25, 0.3) is 5.91 Å². The molecule has 1 aromatic carbocycles. The van der Waals surface area contributed by atoms with Gasteiger partial charge in [0.2, 0.25) is 0 Å². The monoisotopic (exact) mass is 431 g/mol. The number of para-hydroxylation sites is 1. The molecule has 0 spiro atoms. The Morgan fingerprint density at radius 3 is 2.67 bits per heavy atom. The van der Waals surface area contributed by atoms with Gasteiger partial charge in [-0.2, -0.15) is 0 Å². The molecule has 1 aromatic heterocycles. The van der Waals surface area contributed by atoms with Crippen LogP contribution in [0.4, 0.5) is 0 Å². The van der Waals surface area contributed by atoms with Crippen LogP contribution >= 0.6 is 0 Å². The first kappa shape index (κ1) is 21.0. The molecule has 2 heterocycles. The molecule has 0 bridgehead atoms. The number of furan rings is 1. The van der Waals surface area contributed by atoms with Crippen molar-refractivity contribution in [2.24, 2.45) is 5.92 Å². The van der Waals surface area contributed by atoms with Crippen molar-refractivity contribution in [1.29, 1.82) is 0 Å². The van der Waals surface area contributed by atoms with Crippen LogP contribution in [0.15, 0.2) is 40.8 Å². The van der Waals surface area contributed by atoms with Gasteiger partial charge in [0, 0.05) is 12.0 Å². The van der Waals surface area contributed by atoms with Crippen LogP contribution in [0.25, 0.3) is 0 Å². The number of rotatable bonds is 8. The van der Waals surface area contributed by atoms with Crippen molar-refractivity contribution >= 4 is 15.7 Å². The molecule has 6 nitrogen and oxygen atoms in total. The van der Waals surface area contributed by atoms with Gasteiger partial charge in [-0.05, 0) is 49.4 Å². The molecule has 1 aliphatic carbocycles. The topological polar surface area (TPSA) is 76.8 Å². The van der Waals surface area contributed by atoms with Crippen molar-refractivity contribution in [2.45, 2.75) is 51.6 Å². The highest BCUT2D eigenvalue weighted by Gasteiger charge is 2.38. The number of carbonyl (C=O) groups excluding carboxylic acids is 1. The van der Waals surface area contributed by atoms with Crippen LogP contribution in [0.3, 0.4) is 0 Å². The van der Waals surface area contributed by atoms with Crippen molar-refractivity contribution in [3.63, 3.8) is 0 Å². The minimum Gasteiger partial charge on any atom is -0.493 e. The van der Waals surface area contributed by atoms with E-state index in [-0.39, 0.29) is 30.0 Å². The van der Waals surface area contributed by atoms with E-state index in [1.165, 1.54) is 0 Å². The summed E-state index contributed by atoms with van der Waals surface area (Å²) in [6.07, 6.45) is 2.40. The maximum absolute atomic E-state index is 13.5. The molecular formula is C23H29NO5S. The van der Waals surface area contributed by atoms with Crippen molar-refractivity contribution in [3.8, 4) is 5.75 Å². The van der Waals surface area contributed by atoms with Gasteiger partial charge in [0.05, 0.1) is 30.2 Å². The SMILES string of the molecule is CCCOc1ccccc1C(=O)N(Cc1ccc(C2CC2C)o1)C1CCS(=O)(=O)C1. The number of carbonyl (C=O) groups is 1. The number of sulfone groups is 1. The highest BCUT2D eigenvalue weighted by molar-refractivity contribution is 7.91. The van der Waals surface area contributed by atoms with Crippen LogP contribution in [0, 0.1) is 5.92 Å². The lowest BCUT2D eigenvalue weighted by Crippen LogP contribution is -2.40. The molecule has 2 aliphatic rings. The third kappa shape index (κ3) is 4.56. The molecule has 1 saturated carbocycles. The average Bonchev–Trinajstić information content (AvgIpc) is 3.11. The lowest BCUT2D eigenvalue weighted by molar-refractivity contribution is 0.0660. The molecule has 3 unspecified atom stereocenters. The van der Waals surface area contributed by atoms with Crippen molar-refractivity contribution in [1.82, 2.24) is 4.90 Å². The zero-order valence-corrected chi connectivity index (χ0v) is 18.4. The van der Waals surface area contributed by atoms with Gasteiger partial charge in [-0.1, -0.05) is 26.0 Å². The summed E-state index contributed by atoms with van der Waals surface area (Å²) in [4.78, 5) is 15.2. The third-order valence-electron chi connectivity index (χ3n) is 5.97. The van der Waals surface area contributed by atoms with Crippen LogP contribution in [-0.2, 0) is 16.4 Å². The molecule has 2 aromatic rings. The Morgan fingerprint density at radius 1 is 1.23 bits per heavy atom. The van der Waals surface area contributed by atoms with Gasteiger partial charge in [-0.3, -0.25) is 4.79 Å². The number of ether oxygens (including phenoxy) is 1. The average molecular weight is 432 g/mol. The second-order valence-corrected chi connectivity index (χ2v) is 10.7. The molecular weight excluding hydrogens is 402 g/mol. The fraction of sp³-hybridized carbons (Fsp3) is 0.522. The fourth-order valence-corrected chi connectivity index (χ4v) is 5.82. The van der Waals surface area contributed by atoms with Gasteiger partial charge in [0.1, 0.15) is 17.3 Å². The Hall–Kier alpha value is -2.28. The molecule has 2 fully saturated rings. The molecule has 4 rings (SSSR count). The maximum Gasteiger partial charge on any atom is 0.258 e. The summed E-state index contributed by atoms with van der Waals surface area (Å²) < 4.78 is 36.0. The van der Waals surface area contributed by atoms with E-state index in [0.717, 1.165) is 18.6 Å². The van der Waals surface area contributed by atoms with E-state index in [9.17, 15) is 13.2 Å². The third-order valence-corrected chi connectivity index (χ3v) is 7.72. The molecule has 3 atom stereocenters. The molecule has 1 aliphatic heterocycles. The normalized spacial score (nSPS) is 24.5. The summed E-state index contributed by atoms with van der Waals surface area (Å²) >= 11 is 0. The van der Waals surface area contributed by atoms with E-state index < -0.39 is 9.84 Å². The van der Waals surface area contributed by atoms with Crippen molar-refractivity contribution < 1.29 is 22.4 Å². The first-order valence-corrected chi connectivity index (χ1v) is 12.5. The Kier molecular flexibility index (Phi) is 5.91. The zero-order valence-electron chi connectivity index (χ0n) is 17.5. The number of hydrogen-bond donors (Lipinski definition) is 0. The minimum absolute atomic E-state index is 0.00997. The van der Waals surface area contributed by atoms with Gasteiger partial charge in [-0.25, -0.2) is 8.42 Å². The van der Waals surface area contributed by atoms with Gasteiger partial charge < -0.3 is 14.1 Å². The summed E-state index contributed by atoms with van der Waals surface area (Å²) in [6, 6.07) is 10.7. The van der Waals surface area contributed by atoms with Gasteiger partial charge in [-0.15, -0.1) is 0 Å². The fourth-order valence-electron chi connectivity index (χ4n) is 4.09. The predicted octanol–water partition coefficient (Wildman–Crippen LogP) is 4.02. The molecule has 1 amide bonds. The minimum atomic E-state index is -3.13. The molecule has 1 saturated heterocycles. The number of nitrogens with zero attached hydrogens (tertiary/aromatic N) is 1. The van der Waals surface area contributed by atoms with Crippen LogP contribution in [0.5, 0.6) is 5.75 Å². The summed E-state index contributed by atoms with van der Waals surface area (Å²) in [7, 11) is -3.13. The Balaban J connectivity index is 1.60. The Labute approximate surface area is 178 Å². The highest BCUT2D eigenvalue weighted by Crippen LogP contribution is 2.47. The summed E-state index contributed by atoms with van der Waals surface area (Å²) in [5.74, 6) is 3.14. The van der Waals surface area contributed by atoms with E-state index in [1.54, 1.807) is 23.1 Å². The second-order valence-electron chi connectivity index (χ2n) is 8.46. The second kappa shape index (κ2) is 8.46. The summed E-state index contributed by atoms with van der Waals surface area (Å²) in [5.41, 5.74) is 0.456. The molecule has 162 valence electrons. The predicted molar refractivity (Wildman–Crippen MR) is 114 cm³/mol. The smallest absolute Gasteiger partial charge is 0.258 e. The summed E-state index contributed by atoms with van der Waals surface area (Å²) in [6.45, 7) is 4.97. The number of hydrogen-bond acceptors (Lipinski definition) is 5. The Bertz CT molecular complexity index is 1010. The molecule has 7 heteroatoms. The van der Waals surface area contributed by atoms with E-state index in [0.29, 0.717) is 41.9 Å². The lowest BCUT2D eigenvalue weighted by Gasteiger charge is -2.28. The van der Waals surface area contributed by atoms with Gasteiger partial charge >= 0.3 is 0 Å². The Morgan fingerprint density at radius 2 is 2.00 bits per heavy atom. The first-order chi connectivity index (χ1) is 14.4. The van der Waals surface area contributed by atoms with E-state index in [1.807, 2.05) is 25.1 Å². The quantitative estimate of drug-likeness (QED) is 0.631. The van der Waals surface area contributed by atoms with E-state index in [4.69, 9.17) is 9.15 Å². The van der Waals surface area contributed by atoms with Crippen LogP contribution in [0.1, 0.15) is 60.9 Å². The highest BCUT2D eigenvalue weighted by atomic mass is 32.2. The number of benzene rings is 1. The maximum atomic E-state index is 13.5. The summed E-state index contributed by atoms with van der Waals surface area (Å²) in [5, 5.41) is 0. The molecule has 0 N–H and O–H groups in total. The van der Waals surface area contributed by atoms with Crippen molar-refractivity contribution in [3.05, 3.63) is 53.5 Å². The van der Waals surface area contributed by atoms with Crippen LogP contribution in [-0.4, -0.2) is 43.4 Å². The van der Waals surface area contributed by atoms with Gasteiger partial charge in [0.15, 0.2) is 9.84 Å². The standard InChI is InChI=1S/C23H29NO5S/c1-3-11-28-21-7-5-4-6-19(21)23(25)24(17-10-12-30(26,27)15-17)14-18-8-9-22(29-18)20-13-16(20)2/h4-9,16-17,20H,3,10-15H2,1-2H3. The van der Waals surface area contributed by atoms with E-state index in [2.05, 4.69) is 6.92 Å². The molecule has 0 radical (unpaired) electrons. The first-order valence-electron chi connectivity index (χ1n) is 10.7. The van der Waals surface area contributed by atoms with E-state index >= 15 is 0 Å².